The minimum Gasteiger partial charge on any atom is -0.444 e. The van der Waals surface area contributed by atoms with E-state index in [1.165, 1.54) is 24.5 Å². The van der Waals surface area contributed by atoms with Gasteiger partial charge in [-0.1, -0.05) is 12.1 Å². The molecule has 0 radical (unpaired) electrons. The summed E-state index contributed by atoms with van der Waals surface area (Å²) in [7, 11) is 0. The van der Waals surface area contributed by atoms with Crippen LogP contribution < -0.4 is 4.90 Å². The number of oxazole rings is 1. The number of aromatic nitrogens is 1. The van der Waals surface area contributed by atoms with E-state index < -0.39 is 11.7 Å². The van der Waals surface area contributed by atoms with Gasteiger partial charge in [0.1, 0.15) is 12.1 Å². The van der Waals surface area contributed by atoms with E-state index in [9.17, 15) is 22.4 Å². The average molecular weight is 419 g/mol. The number of benzene rings is 2. The van der Waals surface area contributed by atoms with Crippen molar-refractivity contribution < 1.29 is 26.8 Å². The number of hydrogen-bond donors (Lipinski definition) is 0. The van der Waals surface area contributed by atoms with Crippen LogP contribution >= 0.6 is 0 Å². The third-order valence-electron chi connectivity index (χ3n) is 4.94. The Hall–Kier alpha value is -3.36. The van der Waals surface area contributed by atoms with Gasteiger partial charge in [-0.25, -0.2) is 9.37 Å². The number of rotatable bonds is 3. The van der Waals surface area contributed by atoms with Crippen molar-refractivity contribution in [2.24, 2.45) is 0 Å². The fraction of sp³-hybridized carbons (Fsp3) is 0.238. The van der Waals surface area contributed by atoms with Crippen molar-refractivity contribution >= 4 is 11.6 Å². The van der Waals surface area contributed by atoms with Gasteiger partial charge < -0.3 is 14.2 Å². The molecule has 1 aromatic heterocycles. The summed E-state index contributed by atoms with van der Waals surface area (Å²) in [4.78, 5) is 20.3. The number of piperazine rings is 1. The highest BCUT2D eigenvalue weighted by Gasteiger charge is 2.30. The molecule has 0 saturated carbocycles. The Kier molecular flexibility index (Phi) is 5.19. The molecule has 2 heterocycles. The van der Waals surface area contributed by atoms with Gasteiger partial charge in [-0.05, 0) is 36.4 Å². The average Bonchev–Trinajstić information content (AvgIpc) is 3.23. The number of para-hydroxylation sites is 1. The lowest BCUT2D eigenvalue weighted by atomic mass is 10.1. The Balaban J connectivity index is 1.42. The quantitative estimate of drug-likeness (QED) is 0.588. The van der Waals surface area contributed by atoms with Crippen molar-refractivity contribution in [3.8, 4) is 11.5 Å². The molecule has 1 amide bonds. The zero-order valence-electron chi connectivity index (χ0n) is 15.7. The third kappa shape index (κ3) is 4.00. The molecular formula is C21H17F4N3O2. The minimum atomic E-state index is -4.43. The number of hydrogen-bond acceptors (Lipinski definition) is 4. The van der Waals surface area contributed by atoms with Crippen LogP contribution in [0.5, 0.6) is 0 Å². The molecule has 1 fully saturated rings. The van der Waals surface area contributed by atoms with Crippen LogP contribution in [0.1, 0.15) is 16.1 Å². The molecule has 4 rings (SSSR count). The normalized spacial score (nSPS) is 14.8. The summed E-state index contributed by atoms with van der Waals surface area (Å²) in [6.07, 6.45) is -3.24. The van der Waals surface area contributed by atoms with Crippen molar-refractivity contribution in [1.82, 2.24) is 9.88 Å². The minimum absolute atomic E-state index is 0.0667. The van der Waals surface area contributed by atoms with Crippen molar-refractivity contribution in [1.29, 1.82) is 0 Å². The Morgan fingerprint density at radius 3 is 2.27 bits per heavy atom. The van der Waals surface area contributed by atoms with Crippen LogP contribution in [0.25, 0.3) is 11.5 Å². The van der Waals surface area contributed by atoms with E-state index in [0.717, 1.165) is 12.1 Å². The van der Waals surface area contributed by atoms with E-state index in [-0.39, 0.29) is 23.3 Å². The zero-order chi connectivity index (χ0) is 21.3. The summed E-state index contributed by atoms with van der Waals surface area (Å²) in [5.74, 6) is -0.586. The molecule has 0 atom stereocenters. The van der Waals surface area contributed by atoms with Gasteiger partial charge in [0.25, 0.3) is 5.91 Å². The fourth-order valence-corrected chi connectivity index (χ4v) is 3.33. The lowest BCUT2D eigenvalue weighted by Gasteiger charge is -2.35. The van der Waals surface area contributed by atoms with Crippen molar-refractivity contribution in [2.75, 3.05) is 31.1 Å². The number of nitrogens with zero attached hydrogens (tertiary/aromatic N) is 3. The summed E-state index contributed by atoms with van der Waals surface area (Å²) in [5, 5.41) is 0. The van der Waals surface area contributed by atoms with Crippen LogP contribution in [-0.2, 0) is 6.18 Å². The first-order valence-electron chi connectivity index (χ1n) is 9.25. The van der Waals surface area contributed by atoms with Crippen LogP contribution in [0.3, 0.4) is 0 Å². The molecule has 0 bridgehead atoms. The van der Waals surface area contributed by atoms with Crippen molar-refractivity contribution in [3.05, 3.63) is 71.9 Å². The molecule has 30 heavy (non-hydrogen) atoms. The first kappa shape index (κ1) is 19.9. The molecule has 3 aromatic rings. The highest BCUT2D eigenvalue weighted by molar-refractivity contribution is 5.92. The largest absolute Gasteiger partial charge is 0.444 e. The van der Waals surface area contributed by atoms with Crippen LogP contribution in [0, 0.1) is 5.82 Å². The number of amides is 1. The zero-order valence-corrected chi connectivity index (χ0v) is 15.7. The second kappa shape index (κ2) is 7.81. The molecule has 9 heteroatoms. The Bertz CT molecular complexity index is 1040. The van der Waals surface area contributed by atoms with Crippen LogP contribution in [0.4, 0.5) is 23.2 Å². The SMILES string of the molecule is O=C(c1coc(-c2ccc(C(F)(F)F)cc2)n1)N1CCN(c2ccccc2F)CC1. The van der Waals surface area contributed by atoms with Gasteiger partial charge in [0.05, 0.1) is 11.3 Å². The van der Waals surface area contributed by atoms with Gasteiger partial charge in [-0.2, -0.15) is 13.2 Å². The number of alkyl halides is 3. The number of carbonyl (C=O) groups excluding carboxylic acids is 1. The molecule has 156 valence electrons. The summed E-state index contributed by atoms with van der Waals surface area (Å²) in [6.45, 7) is 1.71. The molecule has 1 aliphatic heterocycles. The molecule has 1 aliphatic rings. The number of anilines is 1. The Morgan fingerprint density at radius 2 is 1.63 bits per heavy atom. The van der Waals surface area contributed by atoms with Crippen molar-refractivity contribution in [2.45, 2.75) is 6.18 Å². The summed E-state index contributed by atoms with van der Waals surface area (Å²) in [6, 6.07) is 10.8. The molecule has 0 aliphatic carbocycles. The van der Waals surface area contributed by atoms with Gasteiger partial charge in [0, 0.05) is 31.7 Å². The van der Waals surface area contributed by atoms with Gasteiger partial charge in [0.2, 0.25) is 5.89 Å². The van der Waals surface area contributed by atoms with E-state index in [4.69, 9.17) is 4.42 Å². The number of carbonyl (C=O) groups is 1. The van der Waals surface area contributed by atoms with E-state index in [2.05, 4.69) is 4.98 Å². The highest BCUT2D eigenvalue weighted by Crippen LogP contribution is 2.31. The lowest BCUT2D eigenvalue weighted by Crippen LogP contribution is -2.49. The first-order chi connectivity index (χ1) is 14.3. The van der Waals surface area contributed by atoms with Gasteiger partial charge in [-0.3, -0.25) is 4.79 Å². The van der Waals surface area contributed by atoms with E-state index >= 15 is 0 Å². The molecule has 0 spiro atoms. The topological polar surface area (TPSA) is 49.6 Å². The summed E-state index contributed by atoms with van der Waals surface area (Å²) < 4.78 is 57.3. The molecule has 5 nitrogen and oxygen atoms in total. The van der Waals surface area contributed by atoms with E-state index in [1.54, 1.807) is 23.1 Å². The predicted molar refractivity (Wildman–Crippen MR) is 101 cm³/mol. The second-order valence-electron chi connectivity index (χ2n) is 6.84. The van der Waals surface area contributed by atoms with Crippen LogP contribution in [0.15, 0.2) is 59.2 Å². The first-order valence-corrected chi connectivity index (χ1v) is 9.25. The smallest absolute Gasteiger partial charge is 0.416 e. The van der Waals surface area contributed by atoms with E-state index in [0.29, 0.717) is 37.4 Å². The van der Waals surface area contributed by atoms with E-state index in [1.807, 2.05) is 4.90 Å². The number of halogens is 4. The maximum absolute atomic E-state index is 13.9. The van der Waals surface area contributed by atoms with Crippen molar-refractivity contribution in [3.63, 3.8) is 0 Å². The summed E-state index contributed by atoms with van der Waals surface area (Å²) >= 11 is 0. The molecule has 0 N–H and O–H groups in total. The van der Waals surface area contributed by atoms with Gasteiger partial charge >= 0.3 is 6.18 Å². The lowest BCUT2D eigenvalue weighted by molar-refractivity contribution is -0.137. The highest BCUT2D eigenvalue weighted by atomic mass is 19.4. The fourth-order valence-electron chi connectivity index (χ4n) is 3.33. The third-order valence-corrected chi connectivity index (χ3v) is 4.94. The molecule has 0 unspecified atom stereocenters. The monoisotopic (exact) mass is 419 g/mol. The second-order valence-corrected chi connectivity index (χ2v) is 6.84. The standard InChI is InChI=1S/C21H17F4N3O2/c22-16-3-1-2-4-18(16)27-9-11-28(12-10-27)20(29)17-13-30-19(26-17)14-5-7-15(8-6-14)21(23,24)25/h1-8,13H,9-12H2. The van der Waals surface area contributed by atoms with Crippen LogP contribution in [-0.4, -0.2) is 42.0 Å². The molecular weight excluding hydrogens is 402 g/mol. The maximum atomic E-state index is 13.9. The molecule has 2 aromatic carbocycles. The van der Waals surface area contributed by atoms with Gasteiger partial charge in [-0.15, -0.1) is 0 Å². The Morgan fingerprint density at radius 1 is 0.967 bits per heavy atom. The van der Waals surface area contributed by atoms with Gasteiger partial charge in [0.15, 0.2) is 5.69 Å². The molecule has 1 saturated heterocycles. The predicted octanol–water partition coefficient (Wildman–Crippen LogP) is 4.46. The van der Waals surface area contributed by atoms with Crippen LogP contribution in [0.2, 0.25) is 0 Å². The Labute approximate surface area is 169 Å². The summed E-state index contributed by atoms with van der Waals surface area (Å²) in [5.41, 5.74) is 0.133. The maximum Gasteiger partial charge on any atom is 0.416 e.